The van der Waals surface area contributed by atoms with Gasteiger partial charge < -0.3 is 20.0 Å². The third kappa shape index (κ3) is 2.74. The van der Waals surface area contributed by atoms with Crippen LogP contribution < -0.4 is 5.32 Å². The lowest BCUT2D eigenvalue weighted by Crippen LogP contribution is -2.11. The van der Waals surface area contributed by atoms with Crippen molar-refractivity contribution in [2.45, 2.75) is 13.0 Å². The van der Waals surface area contributed by atoms with Crippen LogP contribution in [-0.4, -0.2) is 30.5 Å². The van der Waals surface area contributed by atoms with Gasteiger partial charge in [0, 0.05) is 18.3 Å². The average molecular weight is 335 g/mol. The summed E-state index contributed by atoms with van der Waals surface area (Å²) in [6, 6.07) is 10.8. The fourth-order valence-corrected chi connectivity index (χ4v) is 2.79. The van der Waals surface area contributed by atoms with Gasteiger partial charge in [0.1, 0.15) is 11.9 Å². The fourth-order valence-electron chi connectivity index (χ4n) is 2.79. The van der Waals surface area contributed by atoms with Crippen LogP contribution in [0.3, 0.4) is 0 Å². The van der Waals surface area contributed by atoms with Gasteiger partial charge in [0.15, 0.2) is 0 Å². The summed E-state index contributed by atoms with van der Waals surface area (Å²) in [5.74, 6) is 0.293. The zero-order valence-corrected chi connectivity index (χ0v) is 13.8. The van der Waals surface area contributed by atoms with Crippen LogP contribution in [0.2, 0.25) is 0 Å². The van der Waals surface area contributed by atoms with E-state index in [1.165, 1.54) is 0 Å². The normalized spacial score (nSPS) is 12.6. The predicted octanol–water partition coefficient (Wildman–Crippen LogP) is 2.76. The number of benzene rings is 2. The molecular formula is C18H17N5O2. The Hall–Kier alpha value is -3.19. The number of carbonyl (C=O) groups is 1. The number of imidazole rings is 2. The Morgan fingerprint density at radius 2 is 2.08 bits per heavy atom. The Morgan fingerprint density at radius 3 is 2.88 bits per heavy atom. The zero-order valence-electron chi connectivity index (χ0n) is 13.8. The van der Waals surface area contributed by atoms with Gasteiger partial charge in [0.2, 0.25) is 0 Å². The van der Waals surface area contributed by atoms with E-state index in [0.29, 0.717) is 17.1 Å². The molecule has 7 heteroatoms. The molecular weight excluding hydrogens is 318 g/mol. The first-order valence-corrected chi connectivity index (χ1v) is 7.91. The second-order valence-electron chi connectivity index (χ2n) is 6.04. The Balaban J connectivity index is 1.61. The molecule has 3 N–H and O–H groups in total. The van der Waals surface area contributed by atoms with Gasteiger partial charge in [-0.1, -0.05) is 0 Å². The second kappa shape index (κ2) is 5.71. The molecule has 1 atom stereocenters. The van der Waals surface area contributed by atoms with Crippen LogP contribution in [0.5, 0.6) is 0 Å². The maximum Gasteiger partial charge on any atom is 0.255 e. The van der Waals surface area contributed by atoms with E-state index in [4.69, 9.17) is 0 Å². The van der Waals surface area contributed by atoms with Gasteiger partial charge in [-0.3, -0.25) is 4.79 Å². The molecule has 0 aliphatic carbocycles. The number of rotatable bonds is 3. The minimum atomic E-state index is -0.671. The molecule has 1 unspecified atom stereocenters. The van der Waals surface area contributed by atoms with Gasteiger partial charge in [0.05, 0.1) is 28.4 Å². The van der Waals surface area contributed by atoms with E-state index < -0.39 is 6.10 Å². The molecule has 0 bridgehead atoms. The summed E-state index contributed by atoms with van der Waals surface area (Å²) < 4.78 is 1.91. The number of amides is 1. The molecule has 4 rings (SSSR count). The number of aliphatic hydroxyl groups is 1. The number of hydrogen-bond acceptors (Lipinski definition) is 4. The van der Waals surface area contributed by atoms with Crippen molar-refractivity contribution in [2.75, 3.05) is 5.32 Å². The topological polar surface area (TPSA) is 95.8 Å². The van der Waals surface area contributed by atoms with Crippen molar-refractivity contribution in [3.8, 4) is 0 Å². The first kappa shape index (κ1) is 15.3. The fraction of sp³-hybridized carbons (Fsp3) is 0.167. The lowest BCUT2D eigenvalue weighted by Gasteiger charge is -2.05. The zero-order chi connectivity index (χ0) is 17.6. The Kier molecular flexibility index (Phi) is 3.51. The molecule has 7 nitrogen and oxygen atoms in total. The molecule has 0 saturated carbocycles. The molecule has 2 heterocycles. The molecule has 0 aliphatic rings. The highest BCUT2D eigenvalue weighted by Crippen LogP contribution is 2.21. The Bertz CT molecular complexity index is 1090. The first-order chi connectivity index (χ1) is 12.0. The number of hydrogen-bond donors (Lipinski definition) is 3. The van der Waals surface area contributed by atoms with Gasteiger partial charge in [0.25, 0.3) is 5.91 Å². The van der Waals surface area contributed by atoms with E-state index in [-0.39, 0.29) is 5.91 Å². The number of aromatic nitrogens is 4. The molecule has 0 saturated heterocycles. The highest BCUT2D eigenvalue weighted by atomic mass is 16.3. The lowest BCUT2D eigenvalue weighted by molar-refractivity contribution is 0.102. The second-order valence-corrected chi connectivity index (χ2v) is 6.04. The monoisotopic (exact) mass is 335 g/mol. The summed E-state index contributed by atoms with van der Waals surface area (Å²) in [7, 11) is 1.91. The standard InChI is InChI=1S/C18H17N5O2/c1-10(24)17-21-13-5-4-12(8-14(13)22-17)20-18(25)11-3-6-16-15(7-11)19-9-23(16)2/h3-10,24H,1-2H3,(H,20,25)(H,21,22). The quantitative estimate of drug-likeness (QED) is 0.536. The number of aliphatic hydroxyl groups excluding tert-OH is 1. The van der Waals surface area contributed by atoms with Gasteiger partial charge in [-0.25, -0.2) is 9.97 Å². The van der Waals surface area contributed by atoms with Crippen LogP contribution in [0.1, 0.15) is 29.2 Å². The SMILES string of the molecule is CC(O)c1nc2ccc(NC(=O)c3ccc4c(c3)ncn4C)cc2[nH]1. The number of carbonyl (C=O) groups excluding carboxylic acids is 1. The number of nitrogens with one attached hydrogen (secondary N) is 2. The van der Waals surface area contributed by atoms with E-state index in [1.54, 1.807) is 43.6 Å². The van der Waals surface area contributed by atoms with Crippen molar-refractivity contribution < 1.29 is 9.90 Å². The van der Waals surface area contributed by atoms with Crippen LogP contribution in [0.4, 0.5) is 5.69 Å². The van der Waals surface area contributed by atoms with E-state index in [2.05, 4.69) is 20.3 Å². The molecule has 2 aromatic heterocycles. The largest absolute Gasteiger partial charge is 0.385 e. The van der Waals surface area contributed by atoms with Crippen LogP contribution in [0, 0.1) is 0 Å². The highest BCUT2D eigenvalue weighted by Gasteiger charge is 2.11. The molecule has 1 amide bonds. The summed E-state index contributed by atoms with van der Waals surface area (Å²) in [5.41, 5.74) is 4.44. The smallest absolute Gasteiger partial charge is 0.255 e. The highest BCUT2D eigenvalue weighted by molar-refractivity contribution is 6.06. The molecule has 4 aromatic rings. The van der Waals surface area contributed by atoms with Gasteiger partial charge >= 0.3 is 0 Å². The molecule has 0 aliphatic heterocycles. The Morgan fingerprint density at radius 1 is 1.24 bits per heavy atom. The van der Waals surface area contributed by atoms with E-state index in [1.807, 2.05) is 17.7 Å². The summed E-state index contributed by atoms with van der Waals surface area (Å²) in [6.07, 6.45) is 1.05. The number of aromatic amines is 1. The van der Waals surface area contributed by atoms with Gasteiger partial charge in [-0.15, -0.1) is 0 Å². The molecule has 0 fully saturated rings. The number of nitrogens with zero attached hydrogens (tertiary/aromatic N) is 3. The van der Waals surface area contributed by atoms with Crippen molar-refractivity contribution >= 4 is 33.7 Å². The van der Waals surface area contributed by atoms with Gasteiger partial charge in [-0.05, 0) is 43.3 Å². The van der Waals surface area contributed by atoms with Crippen molar-refractivity contribution in [3.05, 3.63) is 54.1 Å². The van der Waals surface area contributed by atoms with Gasteiger partial charge in [-0.2, -0.15) is 0 Å². The van der Waals surface area contributed by atoms with Crippen LogP contribution in [-0.2, 0) is 7.05 Å². The van der Waals surface area contributed by atoms with Crippen molar-refractivity contribution in [1.82, 2.24) is 19.5 Å². The number of anilines is 1. The third-order valence-corrected chi connectivity index (χ3v) is 4.14. The van der Waals surface area contributed by atoms with Crippen LogP contribution >= 0.6 is 0 Å². The minimum absolute atomic E-state index is 0.206. The van der Waals surface area contributed by atoms with Crippen molar-refractivity contribution in [3.63, 3.8) is 0 Å². The molecule has 0 radical (unpaired) electrons. The minimum Gasteiger partial charge on any atom is -0.385 e. The first-order valence-electron chi connectivity index (χ1n) is 7.91. The lowest BCUT2D eigenvalue weighted by atomic mass is 10.1. The summed E-state index contributed by atoms with van der Waals surface area (Å²) in [6.45, 7) is 1.65. The molecule has 0 spiro atoms. The molecule has 25 heavy (non-hydrogen) atoms. The van der Waals surface area contributed by atoms with Crippen LogP contribution in [0.15, 0.2) is 42.7 Å². The number of fused-ring (bicyclic) bond motifs is 2. The van der Waals surface area contributed by atoms with E-state index >= 15 is 0 Å². The average Bonchev–Trinajstić information content (AvgIpc) is 3.18. The number of H-pyrrole nitrogens is 1. The summed E-state index contributed by atoms with van der Waals surface area (Å²) in [4.78, 5) is 24.1. The molecule has 2 aromatic carbocycles. The summed E-state index contributed by atoms with van der Waals surface area (Å²) >= 11 is 0. The Labute approximate surface area is 143 Å². The van der Waals surface area contributed by atoms with Crippen molar-refractivity contribution in [2.24, 2.45) is 7.05 Å². The third-order valence-electron chi connectivity index (χ3n) is 4.14. The van der Waals surface area contributed by atoms with Crippen molar-refractivity contribution in [1.29, 1.82) is 0 Å². The summed E-state index contributed by atoms with van der Waals surface area (Å²) in [5, 5.41) is 12.5. The number of aryl methyl sites for hydroxylation is 1. The molecule has 126 valence electrons. The van der Waals surface area contributed by atoms with Crippen LogP contribution in [0.25, 0.3) is 22.1 Å². The van der Waals surface area contributed by atoms with E-state index in [9.17, 15) is 9.90 Å². The maximum absolute atomic E-state index is 12.5. The van der Waals surface area contributed by atoms with E-state index in [0.717, 1.165) is 22.1 Å². The predicted molar refractivity (Wildman–Crippen MR) is 95.4 cm³/mol. The maximum atomic E-state index is 12.5.